The van der Waals surface area contributed by atoms with Crippen LogP contribution in [0.1, 0.15) is 24.3 Å². The molecule has 12 nitrogen and oxygen atoms in total. The van der Waals surface area contributed by atoms with E-state index in [4.69, 9.17) is 20.3 Å². The van der Waals surface area contributed by atoms with Gasteiger partial charge in [0.1, 0.15) is 53.2 Å². The van der Waals surface area contributed by atoms with Crippen molar-refractivity contribution in [1.29, 1.82) is 0 Å². The van der Waals surface area contributed by atoms with E-state index in [0.29, 0.717) is 17.6 Å². The molecule has 0 radical (unpaired) electrons. The van der Waals surface area contributed by atoms with Gasteiger partial charge in [0.05, 0.1) is 17.6 Å². The summed E-state index contributed by atoms with van der Waals surface area (Å²) in [7, 11) is -4.04. The number of aliphatic hydroxyl groups is 2. The van der Waals surface area contributed by atoms with E-state index in [0.717, 1.165) is 0 Å². The van der Waals surface area contributed by atoms with E-state index in [1.54, 1.807) is 13.0 Å². The number of rotatable bonds is 6. The molecule has 0 aliphatic carbocycles. The zero-order valence-corrected chi connectivity index (χ0v) is 19.2. The monoisotopic (exact) mass is 506 g/mol. The lowest BCUT2D eigenvalue weighted by Crippen LogP contribution is -2.42. The molecule has 0 spiro atoms. The van der Waals surface area contributed by atoms with Crippen LogP contribution in [0.5, 0.6) is 5.75 Å². The second-order valence-corrected chi connectivity index (χ2v) is 9.02. The molecular weight excluding hydrogens is 483 g/mol. The maximum absolute atomic E-state index is 14.4. The summed E-state index contributed by atoms with van der Waals surface area (Å²) in [4.78, 5) is 8.17. The Labute approximate surface area is 199 Å². The molecule has 0 unspecified atom stereocenters. The lowest BCUT2D eigenvalue weighted by atomic mass is 10.1. The number of nitrogens with two attached hydrogens (primary N) is 2. The number of nitrogen functional groups attached to an aromatic ring is 1. The largest absolute Gasteiger partial charge is 0.492 e. The fraction of sp³-hybridized carbons (Fsp3) is 0.333. The first-order valence-electron chi connectivity index (χ1n) is 10.4. The van der Waals surface area contributed by atoms with Crippen molar-refractivity contribution >= 4 is 27.1 Å². The highest BCUT2D eigenvalue weighted by Crippen LogP contribution is 2.34. The molecule has 4 rings (SSSR count). The van der Waals surface area contributed by atoms with Gasteiger partial charge in [-0.3, -0.25) is 0 Å². The highest BCUT2D eigenvalue weighted by Gasteiger charge is 2.44. The van der Waals surface area contributed by atoms with E-state index in [2.05, 4.69) is 21.8 Å². The average Bonchev–Trinajstić information content (AvgIpc) is 3.30. The van der Waals surface area contributed by atoms with Gasteiger partial charge in [0.15, 0.2) is 6.23 Å². The Balaban J connectivity index is 1.75. The molecule has 7 N–H and O–H groups in total. The molecule has 4 atom stereocenters. The van der Waals surface area contributed by atoms with Gasteiger partial charge in [-0.25, -0.2) is 19.5 Å². The minimum absolute atomic E-state index is 0.0485. The van der Waals surface area contributed by atoms with Gasteiger partial charge >= 0.3 is 0 Å². The first-order chi connectivity index (χ1) is 16.6. The minimum Gasteiger partial charge on any atom is -0.492 e. The maximum atomic E-state index is 14.4. The zero-order chi connectivity index (χ0) is 25.3. The van der Waals surface area contributed by atoms with E-state index in [-0.39, 0.29) is 29.3 Å². The van der Waals surface area contributed by atoms with Gasteiger partial charge in [-0.2, -0.15) is 13.1 Å². The second-order valence-electron chi connectivity index (χ2n) is 7.64. The van der Waals surface area contributed by atoms with Crippen LogP contribution in [0.3, 0.4) is 0 Å². The van der Waals surface area contributed by atoms with Gasteiger partial charge in [-0.1, -0.05) is 17.9 Å². The first-order valence-corrected chi connectivity index (χ1v) is 12.0. The van der Waals surface area contributed by atoms with Crippen molar-refractivity contribution in [2.24, 2.45) is 5.14 Å². The quantitative estimate of drug-likeness (QED) is 0.271. The predicted molar refractivity (Wildman–Crippen MR) is 123 cm³/mol. The van der Waals surface area contributed by atoms with Crippen LogP contribution in [0.25, 0.3) is 11.0 Å². The molecule has 1 fully saturated rings. The van der Waals surface area contributed by atoms with Crippen molar-refractivity contribution in [1.82, 2.24) is 19.3 Å². The van der Waals surface area contributed by atoms with Crippen molar-refractivity contribution < 1.29 is 32.5 Å². The number of hydrogen-bond donors (Lipinski definition) is 5. The summed E-state index contributed by atoms with van der Waals surface area (Å²) in [6.07, 6.45) is -2.49. The molecule has 0 amide bonds. The highest BCUT2D eigenvalue weighted by atomic mass is 32.2. The van der Waals surface area contributed by atoms with Gasteiger partial charge in [-0.05, 0) is 19.1 Å². The Morgan fingerprint density at radius 2 is 2.06 bits per heavy atom. The molecule has 0 saturated carbocycles. The third-order valence-electron chi connectivity index (χ3n) is 5.33. The molecule has 35 heavy (non-hydrogen) atoms. The topological polar surface area (TPSA) is 188 Å². The van der Waals surface area contributed by atoms with Crippen molar-refractivity contribution in [3.05, 3.63) is 47.7 Å². The van der Waals surface area contributed by atoms with E-state index >= 15 is 0 Å². The highest BCUT2D eigenvalue weighted by molar-refractivity contribution is 7.87. The molecular formula is C21H23FN6O6S. The number of aromatic nitrogens is 3. The maximum Gasteiger partial charge on any atom is 0.274 e. The lowest BCUT2D eigenvalue weighted by Gasteiger charge is -2.17. The number of fused-ring (bicyclic) bond motifs is 1. The summed E-state index contributed by atoms with van der Waals surface area (Å²) in [6.45, 7) is 1.71. The SMILES string of the molecule is CCOc1cccc(F)c1C#Cc1cn([C@H]2O[C@@H](CNS(N)(=O)=O)[C@H](O)[C@@H]2O)c2ncnc(N)c12. The lowest BCUT2D eigenvalue weighted by molar-refractivity contribution is -0.0327. The van der Waals surface area contributed by atoms with E-state index in [1.807, 2.05) is 4.72 Å². The van der Waals surface area contributed by atoms with Gasteiger partial charge in [-0.15, -0.1) is 0 Å². The predicted octanol–water partition coefficient (Wildman–Crippen LogP) is -0.637. The summed E-state index contributed by atoms with van der Waals surface area (Å²) < 4.78 is 51.4. The number of nitrogens with one attached hydrogen (secondary N) is 1. The summed E-state index contributed by atoms with van der Waals surface area (Å²) >= 11 is 0. The molecule has 3 heterocycles. The Morgan fingerprint density at radius 1 is 1.29 bits per heavy atom. The van der Waals surface area contributed by atoms with Crippen LogP contribution in [0.2, 0.25) is 0 Å². The Hall–Kier alpha value is -3.32. The first kappa shape index (κ1) is 24.8. The standard InChI is InChI=1S/C21H23FN6O6S/c1-2-33-14-5-3-4-13(22)12(14)7-6-11-9-28(20-16(11)19(23)25-10-26-20)21-18(30)17(29)15(34-21)8-27-35(24,31)32/h3-5,9-10,15,17-18,21,27,29-30H,2,8H2,1H3,(H2,23,25,26)(H2,24,31,32)/t15-,17-,18-,21-/m0/s1. The fourth-order valence-electron chi connectivity index (χ4n) is 3.75. The van der Waals surface area contributed by atoms with E-state index in [9.17, 15) is 23.0 Å². The van der Waals surface area contributed by atoms with Crippen molar-refractivity contribution in [3.8, 4) is 17.6 Å². The van der Waals surface area contributed by atoms with Crippen LogP contribution in [-0.2, 0) is 14.9 Å². The fourth-order valence-corrected chi connectivity index (χ4v) is 4.15. The number of benzene rings is 1. The molecule has 0 bridgehead atoms. The molecule has 1 aliphatic heterocycles. The minimum atomic E-state index is -4.04. The molecule has 2 aromatic heterocycles. The Morgan fingerprint density at radius 3 is 2.77 bits per heavy atom. The number of hydrogen-bond acceptors (Lipinski definition) is 9. The molecule has 1 saturated heterocycles. The zero-order valence-electron chi connectivity index (χ0n) is 18.4. The number of ether oxygens (including phenoxy) is 2. The van der Waals surface area contributed by atoms with Gasteiger partial charge < -0.3 is 30.0 Å². The third kappa shape index (κ3) is 5.05. The smallest absolute Gasteiger partial charge is 0.274 e. The Bertz CT molecular complexity index is 1420. The molecule has 1 aromatic carbocycles. The number of aliphatic hydroxyl groups excluding tert-OH is 2. The Kier molecular flexibility index (Phi) is 6.90. The van der Waals surface area contributed by atoms with Crippen LogP contribution >= 0.6 is 0 Å². The third-order valence-corrected chi connectivity index (χ3v) is 5.90. The van der Waals surface area contributed by atoms with Crippen molar-refractivity contribution in [2.75, 3.05) is 18.9 Å². The van der Waals surface area contributed by atoms with Crippen LogP contribution in [0.4, 0.5) is 10.2 Å². The number of halogens is 1. The summed E-state index contributed by atoms with van der Waals surface area (Å²) in [5.74, 6) is 5.39. The summed E-state index contributed by atoms with van der Waals surface area (Å²) in [6, 6.07) is 4.36. The van der Waals surface area contributed by atoms with Crippen LogP contribution in [0.15, 0.2) is 30.7 Å². The summed E-state index contributed by atoms with van der Waals surface area (Å²) in [5.41, 5.74) is 6.64. The second kappa shape index (κ2) is 9.74. The molecule has 14 heteroatoms. The van der Waals surface area contributed by atoms with Crippen molar-refractivity contribution in [3.63, 3.8) is 0 Å². The van der Waals surface area contributed by atoms with Gasteiger partial charge in [0, 0.05) is 12.7 Å². The average molecular weight is 507 g/mol. The van der Waals surface area contributed by atoms with Gasteiger partial charge in [0.2, 0.25) is 0 Å². The van der Waals surface area contributed by atoms with Crippen LogP contribution in [-0.4, -0.2) is 64.6 Å². The molecule has 1 aliphatic rings. The van der Waals surface area contributed by atoms with Crippen LogP contribution < -0.4 is 20.3 Å². The number of nitrogens with zero attached hydrogens (tertiary/aromatic N) is 3. The summed E-state index contributed by atoms with van der Waals surface area (Å²) in [5, 5.41) is 26.2. The molecule has 186 valence electrons. The van der Waals surface area contributed by atoms with Crippen molar-refractivity contribution in [2.45, 2.75) is 31.5 Å². The van der Waals surface area contributed by atoms with E-state index in [1.165, 1.54) is 29.2 Å². The number of anilines is 1. The normalized spacial score (nSPS) is 22.2. The molecule has 3 aromatic rings. The van der Waals surface area contributed by atoms with Gasteiger partial charge in [0.25, 0.3) is 10.2 Å². The van der Waals surface area contributed by atoms with Crippen LogP contribution in [0, 0.1) is 17.7 Å². The van der Waals surface area contributed by atoms with E-state index < -0.39 is 40.6 Å².